The highest BCUT2D eigenvalue weighted by atomic mass is 16.6. The predicted molar refractivity (Wildman–Crippen MR) is 125 cm³/mol. The molecule has 36 heavy (non-hydrogen) atoms. The first-order valence-electron chi connectivity index (χ1n) is 12.2. The van der Waals surface area contributed by atoms with E-state index in [0.29, 0.717) is 17.6 Å². The van der Waals surface area contributed by atoms with Gasteiger partial charge in [0, 0.05) is 33.1 Å². The first-order chi connectivity index (χ1) is 16.7. The predicted octanol–water partition coefficient (Wildman–Crippen LogP) is 1.76. The Morgan fingerprint density at radius 2 is 1.72 bits per heavy atom. The Hall–Kier alpha value is -2.72. The van der Waals surface area contributed by atoms with Crippen molar-refractivity contribution in [2.45, 2.75) is 90.8 Å². The lowest BCUT2D eigenvalue weighted by Gasteiger charge is -2.54. The molecule has 10 heteroatoms. The van der Waals surface area contributed by atoms with E-state index in [1.807, 2.05) is 6.08 Å². The minimum Gasteiger partial charge on any atom is -0.462 e. The second kappa shape index (κ2) is 10.3. The Bertz CT molecular complexity index is 983. The highest BCUT2D eigenvalue weighted by Gasteiger charge is 2.65. The van der Waals surface area contributed by atoms with E-state index < -0.39 is 71.1 Å². The normalized spacial score (nSPS) is 39.8. The van der Waals surface area contributed by atoms with E-state index >= 15 is 0 Å². The maximum atomic E-state index is 12.6. The first kappa shape index (κ1) is 27.9. The van der Waals surface area contributed by atoms with Crippen LogP contribution in [0, 0.1) is 17.3 Å². The van der Waals surface area contributed by atoms with E-state index in [0.717, 1.165) is 0 Å². The van der Waals surface area contributed by atoms with Crippen LogP contribution in [0.1, 0.15) is 60.8 Å². The molecule has 0 aromatic carbocycles. The van der Waals surface area contributed by atoms with Gasteiger partial charge in [0.2, 0.25) is 0 Å². The van der Waals surface area contributed by atoms with Crippen molar-refractivity contribution in [2.75, 3.05) is 6.61 Å². The molecule has 3 aliphatic rings. The molecule has 200 valence electrons. The number of rotatable bonds is 4. The average Bonchev–Trinajstić information content (AvgIpc) is 2.99. The van der Waals surface area contributed by atoms with Gasteiger partial charge in [0.05, 0.1) is 17.4 Å². The number of fused-ring (bicyclic) bond motifs is 2. The molecule has 1 fully saturated rings. The summed E-state index contributed by atoms with van der Waals surface area (Å²) < 4.78 is 22.1. The van der Waals surface area contributed by atoms with Crippen LogP contribution in [0.4, 0.5) is 0 Å². The van der Waals surface area contributed by atoms with Crippen molar-refractivity contribution in [3.63, 3.8) is 0 Å². The Morgan fingerprint density at radius 3 is 2.31 bits per heavy atom. The number of aliphatic hydroxyl groups is 2. The summed E-state index contributed by atoms with van der Waals surface area (Å²) in [5, 5.41) is 23.8. The van der Waals surface area contributed by atoms with Crippen molar-refractivity contribution < 1.29 is 48.3 Å². The van der Waals surface area contributed by atoms with Gasteiger partial charge in [-0.1, -0.05) is 18.6 Å². The molecule has 0 amide bonds. The maximum absolute atomic E-state index is 12.6. The largest absolute Gasteiger partial charge is 0.462 e. The summed E-state index contributed by atoms with van der Waals surface area (Å²) in [5.74, 6) is -4.26. The third kappa shape index (κ3) is 4.93. The summed E-state index contributed by atoms with van der Waals surface area (Å²) in [7, 11) is 0. The number of aliphatic hydroxyl groups excluding tert-OH is 1. The molecule has 2 aliphatic carbocycles. The van der Waals surface area contributed by atoms with Crippen LogP contribution < -0.4 is 0 Å². The van der Waals surface area contributed by atoms with Gasteiger partial charge in [-0.2, -0.15) is 0 Å². The summed E-state index contributed by atoms with van der Waals surface area (Å²) in [4.78, 5) is 48.4. The van der Waals surface area contributed by atoms with Gasteiger partial charge >= 0.3 is 23.9 Å². The molecule has 8 atom stereocenters. The monoisotopic (exact) mass is 508 g/mol. The summed E-state index contributed by atoms with van der Waals surface area (Å²) in [6.45, 7) is 8.69. The van der Waals surface area contributed by atoms with Crippen LogP contribution in [0.15, 0.2) is 23.3 Å². The lowest BCUT2D eigenvalue weighted by Crippen LogP contribution is -2.64. The molecule has 0 aromatic rings. The van der Waals surface area contributed by atoms with Gasteiger partial charge in [0.25, 0.3) is 0 Å². The summed E-state index contributed by atoms with van der Waals surface area (Å²) in [5.41, 5.74) is -2.01. The van der Waals surface area contributed by atoms with Gasteiger partial charge in [-0.15, -0.1) is 0 Å². The molecule has 1 saturated heterocycles. The third-order valence-corrected chi connectivity index (χ3v) is 7.93. The second-order valence-corrected chi connectivity index (χ2v) is 10.3. The van der Waals surface area contributed by atoms with E-state index in [-0.39, 0.29) is 19.4 Å². The fourth-order valence-corrected chi connectivity index (χ4v) is 5.98. The van der Waals surface area contributed by atoms with Gasteiger partial charge < -0.3 is 29.2 Å². The fourth-order valence-electron chi connectivity index (χ4n) is 5.98. The minimum absolute atomic E-state index is 0.136. The van der Waals surface area contributed by atoms with E-state index in [2.05, 4.69) is 0 Å². The zero-order valence-corrected chi connectivity index (χ0v) is 21.6. The molecule has 0 aromatic heterocycles. The minimum atomic E-state index is -2.06. The number of carbonyl (C=O) groups is 4. The summed E-state index contributed by atoms with van der Waals surface area (Å²) >= 11 is 0. The lowest BCUT2D eigenvalue weighted by atomic mass is 9.56. The number of esters is 4. The molecule has 0 unspecified atom stereocenters. The van der Waals surface area contributed by atoms with Crippen LogP contribution in [-0.2, 0) is 38.1 Å². The van der Waals surface area contributed by atoms with Gasteiger partial charge in [-0.3, -0.25) is 19.2 Å². The van der Waals surface area contributed by atoms with Crippen LogP contribution >= 0.6 is 0 Å². The average molecular weight is 509 g/mol. The fraction of sp³-hybridized carbons (Fsp3) is 0.692. The molecule has 0 bridgehead atoms. The Morgan fingerprint density at radius 1 is 1.11 bits per heavy atom. The molecule has 1 aliphatic heterocycles. The molecular formula is C26H36O10. The summed E-state index contributed by atoms with van der Waals surface area (Å²) in [6, 6.07) is 0. The van der Waals surface area contributed by atoms with Crippen molar-refractivity contribution in [3.05, 3.63) is 23.3 Å². The van der Waals surface area contributed by atoms with Crippen molar-refractivity contribution in [1.82, 2.24) is 0 Å². The number of hydrogen-bond acceptors (Lipinski definition) is 10. The van der Waals surface area contributed by atoms with Gasteiger partial charge in [-0.05, 0) is 38.3 Å². The Labute approximate surface area is 210 Å². The molecule has 0 saturated carbocycles. The summed E-state index contributed by atoms with van der Waals surface area (Å²) in [6.07, 6.45) is -0.275. The molecular weight excluding hydrogens is 472 g/mol. The molecule has 2 N–H and O–H groups in total. The third-order valence-electron chi connectivity index (χ3n) is 7.93. The molecule has 10 nitrogen and oxygen atoms in total. The van der Waals surface area contributed by atoms with Crippen LogP contribution in [0.3, 0.4) is 0 Å². The van der Waals surface area contributed by atoms with E-state index in [1.54, 1.807) is 13.8 Å². The number of hydrogen-bond donors (Lipinski definition) is 2. The van der Waals surface area contributed by atoms with Crippen LogP contribution in [0.5, 0.6) is 0 Å². The zero-order valence-electron chi connectivity index (χ0n) is 21.6. The van der Waals surface area contributed by atoms with Gasteiger partial charge in [-0.25, -0.2) is 0 Å². The van der Waals surface area contributed by atoms with E-state index in [4.69, 9.17) is 18.9 Å². The first-order valence-corrected chi connectivity index (χ1v) is 12.2. The Kier molecular flexibility index (Phi) is 8.00. The van der Waals surface area contributed by atoms with Crippen molar-refractivity contribution in [2.24, 2.45) is 17.3 Å². The SMILES string of the molecule is CC(=O)OC/C1=C/[C@@H]2OC(=O)[C@H](C)[C@@]2(O)[C@@H](O)[C@H]2C(C)=CC[C@H](OC(C)=O)[C@]2(C)[C@@H](OC(C)=O)CC1. The van der Waals surface area contributed by atoms with Crippen LogP contribution in [0.2, 0.25) is 0 Å². The lowest BCUT2D eigenvalue weighted by molar-refractivity contribution is -0.205. The topological polar surface area (TPSA) is 146 Å². The quantitative estimate of drug-likeness (QED) is 0.327. The Balaban J connectivity index is 2.24. The van der Waals surface area contributed by atoms with Crippen molar-refractivity contribution in [3.8, 4) is 0 Å². The van der Waals surface area contributed by atoms with Gasteiger partial charge in [0.15, 0.2) is 6.10 Å². The molecule has 1 heterocycles. The number of carbonyl (C=O) groups excluding carboxylic acids is 4. The van der Waals surface area contributed by atoms with E-state index in [9.17, 15) is 29.4 Å². The smallest absolute Gasteiger partial charge is 0.312 e. The molecule has 3 rings (SSSR count). The van der Waals surface area contributed by atoms with Crippen LogP contribution in [0.25, 0.3) is 0 Å². The van der Waals surface area contributed by atoms with E-state index in [1.165, 1.54) is 33.8 Å². The zero-order chi connectivity index (χ0) is 27.0. The standard InChI is InChI=1S/C26H36O10/c1-13-7-9-19(34-16(4)28)25(6)20(35-17(5)29)10-8-18(12-33-15(3)27)11-21-26(32,23(30)22(13)25)14(2)24(31)36-21/h7,11,14,19-23,30,32H,8-10,12H2,1-6H3/b18-11+/t14-,19-,20-,21-,22+,23-,25+,26-/m0/s1. The molecule has 0 spiro atoms. The maximum Gasteiger partial charge on any atom is 0.312 e. The highest BCUT2D eigenvalue weighted by Crippen LogP contribution is 2.54. The second-order valence-electron chi connectivity index (χ2n) is 10.3. The van der Waals surface area contributed by atoms with Gasteiger partial charge in [0.1, 0.15) is 24.4 Å². The number of ether oxygens (including phenoxy) is 4. The molecule has 0 radical (unpaired) electrons. The van der Waals surface area contributed by atoms with Crippen molar-refractivity contribution >= 4 is 23.9 Å². The van der Waals surface area contributed by atoms with Crippen molar-refractivity contribution in [1.29, 1.82) is 0 Å². The van der Waals surface area contributed by atoms with Crippen LogP contribution in [-0.4, -0.2) is 70.7 Å². The highest BCUT2D eigenvalue weighted by molar-refractivity contribution is 5.77.